The van der Waals surface area contributed by atoms with Gasteiger partial charge >= 0.3 is 34.5 Å². The maximum absolute atomic E-state index is 6.56. The first-order chi connectivity index (χ1) is 11.4. The van der Waals surface area contributed by atoms with Crippen LogP contribution in [-0.2, 0) is 25.6 Å². The molecule has 0 N–H and O–H groups in total. The van der Waals surface area contributed by atoms with Gasteiger partial charge in [-0.05, 0) is 39.3 Å². The Hall–Kier alpha value is -0.152. The van der Waals surface area contributed by atoms with E-state index < -0.39 is 34.5 Å². The Morgan fingerprint density at radius 3 is 1.16 bits per heavy atom. The Kier molecular flexibility index (Phi) is 7.96. The molecule has 10 heteroatoms. The predicted molar refractivity (Wildman–Crippen MR) is 109 cm³/mol. The molecule has 0 heterocycles. The van der Waals surface area contributed by atoms with E-state index in [0.29, 0.717) is 0 Å². The quantitative estimate of drug-likeness (QED) is 0.543. The van der Waals surface area contributed by atoms with Gasteiger partial charge in [0.05, 0.1) is 0 Å². The molecule has 144 valence electrons. The van der Waals surface area contributed by atoms with Crippen LogP contribution < -0.4 is 5.19 Å². The minimum absolute atomic E-state index is 0.892. The van der Waals surface area contributed by atoms with Crippen LogP contribution in [0.15, 0.2) is 30.3 Å². The van der Waals surface area contributed by atoms with Crippen molar-refractivity contribution in [3.05, 3.63) is 30.3 Å². The summed E-state index contributed by atoms with van der Waals surface area (Å²) in [6, 6.07) is 9.83. The van der Waals surface area contributed by atoms with Crippen LogP contribution in [0.25, 0.3) is 0 Å². The number of hydrogen-bond acceptors (Lipinski definition) is 6. The van der Waals surface area contributed by atoms with Gasteiger partial charge in [-0.25, -0.2) is 0 Å². The summed E-state index contributed by atoms with van der Waals surface area (Å²) in [5, 5.41) is 0.892. The molecule has 1 rings (SSSR count). The van der Waals surface area contributed by atoms with E-state index in [1.165, 1.54) is 0 Å². The molecule has 1 aromatic rings. The van der Waals surface area contributed by atoms with Gasteiger partial charge in [-0.1, -0.05) is 30.3 Å². The molecule has 0 aromatic heterocycles. The first-order valence-electron chi connectivity index (χ1n) is 8.22. The average Bonchev–Trinajstić information content (AvgIpc) is 2.54. The van der Waals surface area contributed by atoms with E-state index in [2.05, 4.69) is 0 Å². The molecule has 0 bridgehead atoms. The molecule has 6 nitrogen and oxygen atoms in total. The van der Waals surface area contributed by atoms with Gasteiger partial charge in [0.25, 0.3) is 0 Å². The summed E-state index contributed by atoms with van der Waals surface area (Å²) in [5.41, 5.74) is 0. The molecule has 0 unspecified atom stereocenters. The number of hydrogen-bond donors (Lipinski definition) is 0. The standard InChI is InChI=1S/C15H32O6Si4/c1-16-22(4,5)19-25(20-23(6,7)17-2,21-24(8,9)18-3)15-13-11-10-12-14-15/h10-14H,1-9H3. The van der Waals surface area contributed by atoms with Crippen molar-refractivity contribution >= 4 is 39.7 Å². The van der Waals surface area contributed by atoms with Crippen molar-refractivity contribution < 1.29 is 25.6 Å². The molecule has 0 aliphatic carbocycles. The lowest BCUT2D eigenvalue weighted by molar-refractivity contribution is 0.175. The van der Waals surface area contributed by atoms with Gasteiger partial charge in [0, 0.05) is 26.5 Å². The molecular formula is C15H32O6Si4. The summed E-state index contributed by atoms with van der Waals surface area (Å²) in [6.07, 6.45) is 0. The van der Waals surface area contributed by atoms with Gasteiger partial charge in [-0.3, -0.25) is 0 Å². The second kappa shape index (κ2) is 8.69. The van der Waals surface area contributed by atoms with E-state index in [4.69, 9.17) is 25.6 Å². The Morgan fingerprint density at radius 1 is 0.560 bits per heavy atom. The molecule has 0 aliphatic rings. The number of rotatable bonds is 10. The SMILES string of the molecule is CO[Si](C)(C)O[Si](O[Si](C)(C)OC)(O[Si](C)(C)OC)c1ccccc1. The van der Waals surface area contributed by atoms with E-state index >= 15 is 0 Å². The molecule has 0 atom stereocenters. The summed E-state index contributed by atoms with van der Waals surface area (Å²) in [5.74, 6) is 0. The molecule has 0 saturated heterocycles. The second-order valence-electron chi connectivity index (χ2n) is 7.04. The Labute approximate surface area is 156 Å². The van der Waals surface area contributed by atoms with Crippen molar-refractivity contribution in [1.82, 2.24) is 0 Å². The fourth-order valence-electron chi connectivity index (χ4n) is 1.98. The summed E-state index contributed by atoms with van der Waals surface area (Å²) >= 11 is 0. The fourth-order valence-corrected chi connectivity index (χ4v) is 14.4. The Morgan fingerprint density at radius 2 is 0.880 bits per heavy atom. The van der Waals surface area contributed by atoms with E-state index in [1.807, 2.05) is 69.6 Å². The normalized spacial score (nSPS) is 14.0. The smallest absolute Gasteiger partial charge is 0.398 e. The maximum Gasteiger partial charge on any atom is 0.510 e. The molecule has 0 radical (unpaired) electrons. The summed E-state index contributed by atoms with van der Waals surface area (Å²) in [4.78, 5) is 0. The highest BCUT2D eigenvalue weighted by molar-refractivity contribution is 6.93. The molecule has 0 amide bonds. The molecule has 25 heavy (non-hydrogen) atoms. The van der Waals surface area contributed by atoms with Gasteiger partial charge in [0.2, 0.25) is 0 Å². The lowest BCUT2D eigenvalue weighted by Crippen LogP contribution is -2.69. The first-order valence-corrected chi connectivity index (χ1v) is 18.4. The molecule has 0 aliphatic heterocycles. The van der Waals surface area contributed by atoms with Crippen molar-refractivity contribution in [2.45, 2.75) is 39.3 Å². The summed E-state index contributed by atoms with van der Waals surface area (Å²) in [7, 11) is -5.77. The molecule has 1 aromatic carbocycles. The van der Waals surface area contributed by atoms with Crippen LogP contribution in [0.2, 0.25) is 39.3 Å². The monoisotopic (exact) mass is 420 g/mol. The van der Waals surface area contributed by atoms with E-state index in [9.17, 15) is 0 Å². The number of benzene rings is 1. The first kappa shape index (κ1) is 22.9. The van der Waals surface area contributed by atoms with Gasteiger partial charge in [-0.15, -0.1) is 0 Å². The van der Waals surface area contributed by atoms with Gasteiger partial charge in [-0.2, -0.15) is 0 Å². The maximum atomic E-state index is 6.56. The van der Waals surface area contributed by atoms with Crippen LogP contribution in [0.1, 0.15) is 0 Å². The third-order valence-corrected chi connectivity index (χ3v) is 16.9. The lowest BCUT2D eigenvalue weighted by Gasteiger charge is -2.42. The highest BCUT2D eigenvalue weighted by Gasteiger charge is 2.56. The van der Waals surface area contributed by atoms with Gasteiger partial charge in [0.15, 0.2) is 0 Å². The minimum Gasteiger partial charge on any atom is -0.398 e. The average molecular weight is 421 g/mol. The van der Waals surface area contributed by atoms with Crippen molar-refractivity contribution in [2.24, 2.45) is 0 Å². The van der Waals surface area contributed by atoms with Crippen molar-refractivity contribution in [3.8, 4) is 0 Å². The van der Waals surface area contributed by atoms with E-state index in [0.717, 1.165) is 5.19 Å². The van der Waals surface area contributed by atoms with Gasteiger partial charge < -0.3 is 25.6 Å². The molecule has 0 spiro atoms. The molecule has 0 saturated carbocycles. The third kappa shape index (κ3) is 6.82. The van der Waals surface area contributed by atoms with Crippen LogP contribution in [0.3, 0.4) is 0 Å². The van der Waals surface area contributed by atoms with Crippen molar-refractivity contribution in [3.63, 3.8) is 0 Å². The van der Waals surface area contributed by atoms with E-state index in [1.54, 1.807) is 21.3 Å². The van der Waals surface area contributed by atoms with E-state index in [-0.39, 0.29) is 0 Å². The van der Waals surface area contributed by atoms with Gasteiger partial charge in [0.1, 0.15) is 0 Å². The largest absolute Gasteiger partial charge is 0.510 e. The zero-order chi connectivity index (χ0) is 19.4. The van der Waals surface area contributed by atoms with Crippen LogP contribution in [-0.4, -0.2) is 55.8 Å². The summed E-state index contributed by atoms with van der Waals surface area (Å²) < 4.78 is 36.6. The van der Waals surface area contributed by atoms with Crippen LogP contribution >= 0.6 is 0 Å². The van der Waals surface area contributed by atoms with Crippen molar-refractivity contribution in [2.75, 3.05) is 21.3 Å². The lowest BCUT2D eigenvalue weighted by atomic mass is 10.4. The van der Waals surface area contributed by atoms with Crippen LogP contribution in [0.5, 0.6) is 0 Å². The third-order valence-electron chi connectivity index (χ3n) is 3.74. The van der Waals surface area contributed by atoms with Crippen LogP contribution in [0.4, 0.5) is 0 Å². The molecular weight excluding hydrogens is 389 g/mol. The zero-order valence-corrected chi connectivity index (χ0v) is 20.8. The summed E-state index contributed by atoms with van der Waals surface area (Å²) in [6.45, 7) is 11.9. The highest BCUT2D eigenvalue weighted by atomic mass is 28.5. The predicted octanol–water partition coefficient (Wildman–Crippen LogP) is 2.93. The fraction of sp³-hybridized carbons (Fsp3) is 0.600. The second-order valence-corrected chi connectivity index (χ2v) is 20.8. The highest BCUT2D eigenvalue weighted by Crippen LogP contribution is 2.26. The molecule has 0 fully saturated rings. The van der Waals surface area contributed by atoms with Crippen molar-refractivity contribution in [1.29, 1.82) is 0 Å². The zero-order valence-electron chi connectivity index (χ0n) is 16.8. The minimum atomic E-state index is -3.33. The Bertz CT molecular complexity index is 493. The van der Waals surface area contributed by atoms with Crippen LogP contribution in [0, 0.1) is 0 Å². The topological polar surface area (TPSA) is 55.4 Å². The Balaban J connectivity index is 3.51.